The van der Waals surface area contributed by atoms with Gasteiger partial charge in [-0.15, -0.1) is 0 Å². The molecular formula is C23H18Cl2N4S. The first-order chi connectivity index (χ1) is 14.6. The molecule has 7 heteroatoms. The van der Waals surface area contributed by atoms with E-state index >= 15 is 0 Å². The topological polar surface area (TPSA) is 41.9 Å². The van der Waals surface area contributed by atoms with Crippen LogP contribution >= 0.6 is 35.4 Å². The van der Waals surface area contributed by atoms with Gasteiger partial charge in [-0.2, -0.15) is 5.10 Å². The summed E-state index contributed by atoms with van der Waals surface area (Å²) < 4.78 is 1.88. The van der Waals surface area contributed by atoms with E-state index in [0.29, 0.717) is 27.4 Å². The smallest absolute Gasteiger partial charge is 0.171 e. The van der Waals surface area contributed by atoms with E-state index in [-0.39, 0.29) is 0 Å². The van der Waals surface area contributed by atoms with Crippen molar-refractivity contribution < 1.29 is 0 Å². The highest BCUT2D eigenvalue weighted by atomic mass is 35.5. The second-order valence-electron chi connectivity index (χ2n) is 6.58. The van der Waals surface area contributed by atoms with Crippen molar-refractivity contribution in [1.82, 2.24) is 15.1 Å². The number of benzene rings is 3. The first-order valence-corrected chi connectivity index (χ1v) is 10.5. The van der Waals surface area contributed by atoms with E-state index in [0.717, 1.165) is 22.5 Å². The molecule has 0 saturated carbocycles. The van der Waals surface area contributed by atoms with Crippen molar-refractivity contribution in [3.63, 3.8) is 0 Å². The molecule has 0 aliphatic heterocycles. The molecule has 0 atom stereocenters. The molecule has 3 aromatic carbocycles. The second-order valence-corrected chi connectivity index (χ2v) is 7.83. The van der Waals surface area contributed by atoms with Crippen molar-refractivity contribution in [2.24, 2.45) is 0 Å². The molecule has 1 aromatic heterocycles. The van der Waals surface area contributed by atoms with Crippen LogP contribution in [-0.4, -0.2) is 14.9 Å². The maximum Gasteiger partial charge on any atom is 0.171 e. The number of hydrogen-bond acceptors (Lipinski definition) is 2. The Kier molecular flexibility index (Phi) is 6.33. The summed E-state index contributed by atoms with van der Waals surface area (Å²) in [5.41, 5.74) is 4.66. The maximum absolute atomic E-state index is 6.22. The number of anilines is 1. The Morgan fingerprint density at radius 3 is 2.33 bits per heavy atom. The van der Waals surface area contributed by atoms with Gasteiger partial charge in [-0.3, -0.25) is 0 Å². The Morgan fingerprint density at radius 2 is 1.63 bits per heavy atom. The van der Waals surface area contributed by atoms with Crippen LogP contribution in [0.4, 0.5) is 5.69 Å². The molecule has 0 aliphatic carbocycles. The summed E-state index contributed by atoms with van der Waals surface area (Å²) in [5, 5.41) is 12.7. The van der Waals surface area contributed by atoms with Gasteiger partial charge in [0.2, 0.25) is 0 Å². The van der Waals surface area contributed by atoms with E-state index < -0.39 is 0 Å². The third-order valence-electron chi connectivity index (χ3n) is 4.48. The number of halogens is 2. The van der Waals surface area contributed by atoms with Crippen LogP contribution in [0, 0.1) is 0 Å². The average Bonchev–Trinajstić information content (AvgIpc) is 3.20. The summed E-state index contributed by atoms with van der Waals surface area (Å²) in [7, 11) is 0. The van der Waals surface area contributed by atoms with E-state index in [1.807, 2.05) is 71.5 Å². The predicted octanol–water partition coefficient (Wildman–Crippen LogP) is 6.33. The van der Waals surface area contributed by atoms with Crippen molar-refractivity contribution in [3.05, 3.63) is 101 Å². The minimum absolute atomic E-state index is 0.464. The monoisotopic (exact) mass is 452 g/mol. The summed E-state index contributed by atoms with van der Waals surface area (Å²) >= 11 is 17.6. The molecule has 0 radical (unpaired) electrons. The Hall–Kier alpha value is -2.86. The van der Waals surface area contributed by atoms with E-state index in [1.165, 1.54) is 0 Å². The van der Waals surface area contributed by atoms with Crippen LogP contribution in [0.15, 0.2) is 85.1 Å². The average molecular weight is 453 g/mol. The van der Waals surface area contributed by atoms with Crippen molar-refractivity contribution in [2.45, 2.75) is 6.54 Å². The van der Waals surface area contributed by atoms with Gasteiger partial charge in [0, 0.05) is 28.9 Å². The largest absolute Gasteiger partial charge is 0.358 e. The minimum Gasteiger partial charge on any atom is -0.358 e. The fraction of sp³-hybridized carbons (Fsp3) is 0.0435. The lowest BCUT2D eigenvalue weighted by Gasteiger charge is -2.12. The highest BCUT2D eigenvalue weighted by Crippen LogP contribution is 2.26. The van der Waals surface area contributed by atoms with Gasteiger partial charge >= 0.3 is 0 Å². The van der Waals surface area contributed by atoms with Gasteiger partial charge in [-0.05, 0) is 42.5 Å². The summed E-state index contributed by atoms with van der Waals surface area (Å²) in [6.07, 6.45) is 2.02. The van der Waals surface area contributed by atoms with Crippen molar-refractivity contribution in [3.8, 4) is 16.9 Å². The van der Waals surface area contributed by atoms with Gasteiger partial charge in [-0.25, -0.2) is 4.68 Å². The van der Waals surface area contributed by atoms with E-state index in [9.17, 15) is 0 Å². The van der Waals surface area contributed by atoms with E-state index in [1.54, 1.807) is 18.2 Å². The number of para-hydroxylation sites is 1. The number of nitrogens with one attached hydrogen (secondary N) is 2. The summed E-state index contributed by atoms with van der Waals surface area (Å²) in [6, 6.07) is 25.3. The van der Waals surface area contributed by atoms with E-state index in [4.69, 9.17) is 40.5 Å². The summed E-state index contributed by atoms with van der Waals surface area (Å²) in [6.45, 7) is 0.508. The molecular weight excluding hydrogens is 435 g/mol. The predicted molar refractivity (Wildman–Crippen MR) is 129 cm³/mol. The van der Waals surface area contributed by atoms with Crippen LogP contribution in [0.25, 0.3) is 16.9 Å². The zero-order valence-electron chi connectivity index (χ0n) is 15.8. The van der Waals surface area contributed by atoms with Gasteiger partial charge in [0.1, 0.15) is 0 Å². The zero-order chi connectivity index (χ0) is 20.9. The minimum atomic E-state index is 0.464. The van der Waals surface area contributed by atoms with Crippen LogP contribution in [0.2, 0.25) is 10.0 Å². The van der Waals surface area contributed by atoms with Crippen LogP contribution in [0.1, 0.15) is 5.56 Å². The Balaban J connectivity index is 1.55. The lowest BCUT2D eigenvalue weighted by molar-refractivity contribution is 0.879. The highest BCUT2D eigenvalue weighted by Gasteiger charge is 2.13. The quantitative estimate of drug-likeness (QED) is 0.347. The Morgan fingerprint density at radius 1 is 0.933 bits per heavy atom. The van der Waals surface area contributed by atoms with Gasteiger partial charge in [0.15, 0.2) is 5.11 Å². The van der Waals surface area contributed by atoms with Crippen molar-refractivity contribution in [1.29, 1.82) is 0 Å². The van der Waals surface area contributed by atoms with Crippen LogP contribution in [0.3, 0.4) is 0 Å². The molecule has 0 saturated heterocycles. The standard InChI is InChI=1S/C23H18Cl2N4S/c24-18-11-12-21(20(25)13-18)27-23(30)26-14-17-15-29(19-9-5-2-6-10-19)28-22(17)16-7-3-1-4-8-16/h1-13,15H,14H2,(H2,26,27,30). The number of hydrogen-bond donors (Lipinski definition) is 2. The Bertz CT molecular complexity index is 1160. The van der Waals surface area contributed by atoms with Crippen LogP contribution in [0.5, 0.6) is 0 Å². The van der Waals surface area contributed by atoms with Gasteiger partial charge in [-0.1, -0.05) is 71.7 Å². The molecule has 2 N–H and O–H groups in total. The number of rotatable bonds is 5. The van der Waals surface area contributed by atoms with Crippen molar-refractivity contribution >= 4 is 46.2 Å². The normalized spacial score (nSPS) is 10.6. The first kappa shape index (κ1) is 20.4. The fourth-order valence-corrected chi connectivity index (χ4v) is 3.66. The summed E-state index contributed by atoms with van der Waals surface area (Å²) in [4.78, 5) is 0. The molecule has 0 fully saturated rings. The second kappa shape index (κ2) is 9.30. The Labute approximate surface area is 190 Å². The lowest BCUT2D eigenvalue weighted by atomic mass is 10.1. The van der Waals surface area contributed by atoms with E-state index in [2.05, 4.69) is 10.6 Å². The molecule has 0 amide bonds. The molecule has 30 heavy (non-hydrogen) atoms. The van der Waals surface area contributed by atoms with Gasteiger partial charge in [0.25, 0.3) is 0 Å². The number of thiocarbonyl (C=S) groups is 1. The first-order valence-electron chi connectivity index (χ1n) is 9.29. The molecule has 0 aliphatic rings. The van der Waals surface area contributed by atoms with Gasteiger partial charge in [0.05, 0.1) is 22.1 Å². The van der Waals surface area contributed by atoms with Crippen molar-refractivity contribution in [2.75, 3.05) is 5.32 Å². The lowest BCUT2D eigenvalue weighted by Crippen LogP contribution is -2.28. The van der Waals surface area contributed by atoms with Crippen LogP contribution < -0.4 is 10.6 Å². The summed E-state index contributed by atoms with van der Waals surface area (Å²) in [5.74, 6) is 0. The number of aromatic nitrogens is 2. The van der Waals surface area contributed by atoms with Gasteiger partial charge < -0.3 is 10.6 Å². The SMILES string of the molecule is S=C(NCc1cn(-c2ccccc2)nc1-c1ccccc1)Nc1ccc(Cl)cc1Cl. The molecule has 1 heterocycles. The molecule has 4 aromatic rings. The van der Waals surface area contributed by atoms with Crippen LogP contribution in [-0.2, 0) is 6.54 Å². The molecule has 0 spiro atoms. The fourth-order valence-electron chi connectivity index (χ4n) is 3.02. The highest BCUT2D eigenvalue weighted by molar-refractivity contribution is 7.80. The molecule has 150 valence electrons. The number of nitrogens with zero attached hydrogens (tertiary/aromatic N) is 2. The third-order valence-corrected chi connectivity index (χ3v) is 5.27. The molecule has 4 rings (SSSR count). The molecule has 0 bridgehead atoms. The molecule has 4 nitrogen and oxygen atoms in total. The maximum atomic E-state index is 6.22. The third kappa shape index (κ3) is 4.82. The molecule has 0 unspecified atom stereocenters. The zero-order valence-corrected chi connectivity index (χ0v) is 18.2.